The summed E-state index contributed by atoms with van der Waals surface area (Å²) in [6.45, 7) is 1.41. The van der Waals surface area contributed by atoms with E-state index in [0.717, 1.165) is 5.56 Å². The molecular weight excluding hydrogens is 394 g/mol. The van der Waals surface area contributed by atoms with E-state index in [1.165, 1.54) is 18.2 Å². The van der Waals surface area contributed by atoms with E-state index in [-0.39, 0.29) is 23.8 Å². The maximum absolute atomic E-state index is 12.3. The fourth-order valence-electron chi connectivity index (χ4n) is 2.45. The van der Waals surface area contributed by atoms with E-state index in [1.807, 2.05) is 4.83 Å². The summed E-state index contributed by atoms with van der Waals surface area (Å²) >= 11 is 5.91. The van der Waals surface area contributed by atoms with Gasteiger partial charge in [-0.3, -0.25) is 15.0 Å². The molecule has 0 aromatic heterocycles. The summed E-state index contributed by atoms with van der Waals surface area (Å²) < 4.78 is 29.9. The van der Waals surface area contributed by atoms with E-state index in [2.05, 4.69) is 10.7 Å². The topological polar surface area (TPSA) is 114 Å². The van der Waals surface area contributed by atoms with Gasteiger partial charge in [-0.1, -0.05) is 11.6 Å². The van der Waals surface area contributed by atoms with Crippen LogP contribution in [0.25, 0.3) is 0 Å². The molecule has 142 valence electrons. The molecule has 2 aromatic carbocycles. The van der Waals surface area contributed by atoms with Gasteiger partial charge in [-0.05, 0) is 54.4 Å². The van der Waals surface area contributed by atoms with E-state index in [9.17, 15) is 18.0 Å². The number of carbonyl (C=O) groups excluding carboxylic acids is 2. The van der Waals surface area contributed by atoms with Crippen LogP contribution in [0.4, 0.5) is 5.69 Å². The second-order valence-corrected chi connectivity index (χ2v) is 7.99. The Kier molecular flexibility index (Phi) is 5.36. The lowest BCUT2D eigenvalue weighted by Crippen LogP contribution is -2.43. The SMILES string of the molecule is Cc1cc(OCC(=O)NNS(=O)(=O)c2ccc3c(c2)CC(=O)N3)ccc1Cl. The number of sulfonamides is 1. The van der Waals surface area contributed by atoms with Crippen molar-refractivity contribution in [3.8, 4) is 5.75 Å². The van der Waals surface area contributed by atoms with Crippen molar-refractivity contribution in [2.75, 3.05) is 11.9 Å². The van der Waals surface area contributed by atoms with Gasteiger partial charge >= 0.3 is 0 Å². The molecule has 1 aliphatic rings. The monoisotopic (exact) mass is 409 g/mol. The third-order valence-corrected chi connectivity index (χ3v) is 5.51. The lowest BCUT2D eigenvalue weighted by atomic mass is 10.2. The highest BCUT2D eigenvalue weighted by Crippen LogP contribution is 2.25. The maximum atomic E-state index is 12.3. The van der Waals surface area contributed by atoms with Crippen molar-refractivity contribution in [2.24, 2.45) is 0 Å². The first-order valence-electron chi connectivity index (χ1n) is 7.87. The Bertz CT molecular complexity index is 1020. The van der Waals surface area contributed by atoms with Crippen molar-refractivity contribution in [1.82, 2.24) is 10.3 Å². The first kappa shape index (κ1) is 19.2. The lowest BCUT2D eigenvalue weighted by molar-refractivity contribution is -0.123. The smallest absolute Gasteiger partial charge is 0.272 e. The van der Waals surface area contributed by atoms with Crippen molar-refractivity contribution >= 4 is 39.1 Å². The first-order chi connectivity index (χ1) is 12.7. The van der Waals surface area contributed by atoms with Gasteiger partial charge in [-0.2, -0.15) is 0 Å². The number of amides is 2. The minimum atomic E-state index is -3.98. The highest BCUT2D eigenvalue weighted by Gasteiger charge is 2.22. The number of rotatable bonds is 6. The number of carbonyl (C=O) groups is 2. The second-order valence-electron chi connectivity index (χ2n) is 5.90. The number of ether oxygens (including phenoxy) is 1. The highest BCUT2D eigenvalue weighted by molar-refractivity contribution is 7.89. The number of hydrogen-bond acceptors (Lipinski definition) is 5. The zero-order valence-corrected chi connectivity index (χ0v) is 15.8. The number of hydrazine groups is 1. The van der Waals surface area contributed by atoms with Gasteiger partial charge in [0, 0.05) is 10.7 Å². The van der Waals surface area contributed by atoms with Crippen molar-refractivity contribution in [2.45, 2.75) is 18.2 Å². The van der Waals surface area contributed by atoms with Crippen molar-refractivity contribution in [1.29, 1.82) is 0 Å². The molecule has 0 atom stereocenters. The number of fused-ring (bicyclic) bond motifs is 1. The molecule has 0 saturated carbocycles. The quantitative estimate of drug-likeness (QED) is 0.626. The number of benzene rings is 2. The van der Waals surface area contributed by atoms with Crippen molar-refractivity contribution in [3.05, 3.63) is 52.5 Å². The third kappa shape index (κ3) is 4.57. The van der Waals surface area contributed by atoms with Crippen LogP contribution in [0.2, 0.25) is 5.02 Å². The van der Waals surface area contributed by atoms with Gasteiger partial charge in [0.1, 0.15) is 5.75 Å². The van der Waals surface area contributed by atoms with Gasteiger partial charge in [0.2, 0.25) is 5.91 Å². The van der Waals surface area contributed by atoms with Crippen LogP contribution in [-0.4, -0.2) is 26.8 Å². The third-order valence-electron chi connectivity index (χ3n) is 3.84. The molecule has 8 nitrogen and oxygen atoms in total. The van der Waals surface area contributed by atoms with Crippen LogP contribution in [0, 0.1) is 6.92 Å². The molecular formula is C17H16ClN3O5S. The molecule has 27 heavy (non-hydrogen) atoms. The molecule has 2 aromatic rings. The molecule has 0 spiro atoms. The van der Waals surface area contributed by atoms with E-state index in [1.54, 1.807) is 25.1 Å². The first-order valence-corrected chi connectivity index (χ1v) is 9.73. The van der Waals surface area contributed by atoms with E-state index >= 15 is 0 Å². The molecule has 1 aliphatic heterocycles. The number of halogens is 1. The molecule has 0 radical (unpaired) electrons. The van der Waals surface area contributed by atoms with Gasteiger partial charge in [-0.15, -0.1) is 4.83 Å². The summed E-state index contributed by atoms with van der Waals surface area (Å²) in [5, 5.41) is 3.19. The number of hydrogen-bond donors (Lipinski definition) is 3. The summed E-state index contributed by atoms with van der Waals surface area (Å²) in [6.07, 6.45) is 0.111. The van der Waals surface area contributed by atoms with E-state index < -0.39 is 15.9 Å². The molecule has 2 amide bonds. The van der Waals surface area contributed by atoms with E-state index in [4.69, 9.17) is 16.3 Å². The largest absolute Gasteiger partial charge is 0.484 e. The van der Waals surface area contributed by atoms with E-state index in [0.29, 0.717) is 22.0 Å². The molecule has 0 bridgehead atoms. The zero-order valence-electron chi connectivity index (χ0n) is 14.2. The maximum Gasteiger partial charge on any atom is 0.272 e. The summed E-state index contributed by atoms with van der Waals surface area (Å²) in [5.41, 5.74) is 4.03. The number of aryl methyl sites for hydroxylation is 1. The number of anilines is 1. The molecule has 0 aliphatic carbocycles. The van der Waals surface area contributed by atoms with Gasteiger partial charge in [0.05, 0.1) is 11.3 Å². The summed E-state index contributed by atoms with van der Waals surface area (Å²) in [7, 11) is -3.98. The Balaban J connectivity index is 1.57. The second kappa shape index (κ2) is 7.55. The standard InChI is InChI=1S/C17H16ClN3O5S/c1-10-6-12(2-4-14(10)18)26-9-17(23)20-21-27(24,25)13-3-5-15-11(7-13)8-16(22)19-15/h2-7,21H,8-9H2,1H3,(H,19,22)(H,20,23). The van der Waals surface area contributed by atoms with Crippen molar-refractivity contribution in [3.63, 3.8) is 0 Å². The molecule has 1 heterocycles. The lowest BCUT2D eigenvalue weighted by Gasteiger charge is -2.11. The van der Waals surface area contributed by atoms with Crippen LogP contribution in [0.5, 0.6) is 5.75 Å². The van der Waals surface area contributed by atoms with Crippen LogP contribution >= 0.6 is 11.6 Å². The average Bonchev–Trinajstić information content (AvgIpc) is 3.00. The molecule has 3 rings (SSSR count). The van der Waals surface area contributed by atoms with Gasteiger partial charge < -0.3 is 10.1 Å². The van der Waals surface area contributed by atoms with Crippen LogP contribution in [0.3, 0.4) is 0 Å². The van der Waals surface area contributed by atoms with Crippen molar-refractivity contribution < 1.29 is 22.7 Å². The fourth-order valence-corrected chi connectivity index (χ4v) is 3.48. The fraction of sp³-hybridized carbons (Fsp3) is 0.176. The highest BCUT2D eigenvalue weighted by atomic mass is 35.5. The Hall–Kier alpha value is -2.62. The summed E-state index contributed by atoms with van der Waals surface area (Å²) in [4.78, 5) is 25.1. The Labute approximate surface area is 160 Å². The van der Waals surface area contributed by atoms with Crippen LogP contribution in [0.1, 0.15) is 11.1 Å². The molecule has 0 unspecified atom stereocenters. The molecule has 0 fully saturated rings. The minimum Gasteiger partial charge on any atom is -0.484 e. The van der Waals surface area contributed by atoms with Crippen LogP contribution in [0.15, 0.2) is 41.3 Å². The average molecular weight is 410 g/mol. The van der Waals surface area contributed by atoms with Gasteiger partial charge in [0.25, 0.3) is 15.9 Å². The molecule has 10 heteroatoms. The van der Waals surface area contributed by atoms with Gasteiger partial charge in [0.15, 0.2) is 6.61 Å². The normalized spacial score (nSPS) is 13.0. The van der Waals surface area contributed by atoms with Crippen LogP contribution < -0.4 is 20.3 Å². The summed E-state index contributed by atoms with van der Waals surface area (Å²) in [6, 6.07) is 9.13. The Morgan fingerprint density at radius 2 is 2.04 bits per heavy atom. The molecule has 3 N–H and O–H groups in total. The predicted octanol–water partition coefficient (Wildman–Crippen LogP) is 1.53. The van der Waals surface area contributed by atoms with Gasteiger partial charge in [-0.25, -0.2) is 8.42 Å². The Morgan fingerprint density at radius 1 is 1.26 bits per heavy atom. The minimum absolute atomic E-state index is 0.0627. The van der Waals surface area contributed by atoms with Crippen LogP contribution in [-0.2, 0) is 26.0 Å². The zero-order chi connectivity index (χ0) is 19.6. The predicted molar refractivity (Wildman–Crippen MR) is 98.9 cm³/mol. The molecule has 0 saturated heterocycles. The number of nitrogens with one attached hydrogen (secondary N) is 3. The summed E-state index contributed by atoms with van der Waals surface area (Å²) in [5.74, 6) is -0.440. The Morgan fingerprint density at radius 3 is 2.78 bits per heavy atom.